The molecule has 0 unspecified atom stereocenters. The van der Waals surface area contributed by atoms with Crippen molar-refractivity contribution in [3.63, 3.8) is 0 Å². The number of rotatable bonds is 5. The van der Waals surface area contributed by atoms with Crippen LogP contribution in [-0.4, -0.2) is 28.0 Å². The molecule has 0 aliphatic heterocycles. The summed E-state index contributed by atoms with van der Waals surface area (Å²) < 4.78 is 40.2. The fourth-order valence-electron chi connectivity index (χ4n) is 0.665. The molecule has 0 fully saturated rings. The van der Waals surface area contributed by atoms with Gasteiger partial charge in [-0.1, -0.05) is 6.58 Å². The molecule has 0 aromatic heterocycles. The zero-order valence-corrected chi connectivity index (χ0v) is 8.84. The third-order valence-electron chi connectivity index (χ3n) is 1.42. The van der Waals surface area contributed by atoms with Crippen molar-refractivity contribution in [1.82, 2.24) is 0 Å². The van der Waals surface area contributed by atoms with Crippen LogP contribution >= 0.6 is 7.60 Å². The van der Waals surface area contributed by atoms with E-state index >= 15 is 0 Å². The summed E-state index contributed by atoms with van der Waals surface area (Å²) in [5, 5.41) is 0. The Kier molecular flexibility index (Phi) is 4.58. The molecule has 0 atom stereocenters. The van der Waals surface area contributed by atoms with Gasteiger partial charge in [0, 0.05) is 5.57 Å². The Balaban J connectivity index is 4.55. The molecule has 0 heterocycles. The minimum atomic E-state index is -5.58. The summed E-state index contributed by atoms with van der Waals surface area (Å²) in [6.45, 7) is 4.41. The van der Waals surface area contributed by atoms with Crippen molar-refractivity contribution in [3.05, 3.63) is 12.2 Å². The lowest BCUT2D eigenvalue weighted by atomic mass is 10.2. The third-order valence-corrected chi connectivity index (χ3v) is 2.43. The molecule has 0 radical (unpaired) electrons. The van der Waals surface area contributed by atoms with E-state index in [0.29, 0.717) is 0 Å². The fraction of sp³-hybridized carbons (Fsp3) is 0.571. The zero-order valence-electron chi connectivity index (χ0n) is 7.94. The molecule has 0 aliphatic carbocycles. The van der Waals surface area contributed by atoms with Crippen LogP contribution in [0.25, 0.3) is 0 Å². The Bertz CT molecular complexity index is 309. The third kappa shape index (κ3) is 4.07. The smallest absolute Gasteiger partial charge is 0.394 e. The Labute approximate surface area is 84.9 Å². The number of carbonyl (C=O) groups excluding carboxylic acids is 1. The Morgan fingerprint density at radius 1 is 1.53 bits per heavy atom. The number of ether oxygens (including phenoxy) is 1. The minimum Gasteiger partial charge on any atom is -0.463 e. The predicted molar refractivity (Wildman–Crippen MR) is 47.4 cm³/mol. The van der Waals surface area contributed by atoms with E-state index in [9.17, 15) is 18.1 Å². The van der Waals surface area contributed by atoms with Gasteiger partial charge in [0.15, 0.2) is 0 Å². The number of hydrogen-bond acceptors (Lipinski definition) is 3. The summed E-state index contributed by atoms with van der Waals surface area (Å²) in [6.07, 6.45) is -1.42. The molecule has 0 aliphatic rings. The van der Waals surface area contributed by atoms with Crippen LogP contribution in [0, 0.1) is 0 Å². The highest BCUT2D eigenvalue weighted by molar-refractivity contribution is 7.53. The van der Waals surface area contributed by atoms with Gasteiger partial charge in [-0.15, -0.1) is 0 Å². The van der Waals surface area contributed by atoms with Crippen LogP contribution in [0.3, 0.4) is 0 Å². The van der Waals surface area contributed by atoms with Crippen molar-refractivity contribution in [2.24, 2.45) is 0 Å². The number of carbonyl (C=O) groups is 1. The standard InChI is InChI=1S/C7H11F2O5P/c1-3-14-6(10)5(2)4-7(8,9)15(11,12)13/h2-4H2,1H3,(H2,11,12,13). The normalized spacial score (nSPS) is 12.3. The highest BCUT2D eigenvalue weighted by Crippen LogP contribution is 2.55. The van der Waals surface area contributed by atoms with E-state index < -0.39 is 31.2 Å². The molecular weight excluding hydrogens is 233 g/mol. The predicted octanol–water partition coefficient (Wildman–Crippen LogP) is 1.27. The van der Waals surface area contributed by atoms with Crippen LogP contribution in [0.15, 0.2) is 12.2 Å². The van der Waals surface area contributed by atoms with E-state index in [2.05, 4.69) is 11.3 Å². The Hall–Kier alpha value is -0.780. The van der Waals surface area contributed by atoms with Gasteiger partial charge in [0.1, 0.15) is 0 Å². The first-order chi connectivity index (χ1) is 6.62. The van der Waals surface area contributed by atoms with Gasteiger partial charge < -0.3 is 14.5 Å². The molecule has 0 saturated heterocycles. The molecule has 0 spiro atoms. The lowest BCUT2D eigenvalue weighted by Crippen LogP contribution is -2.20. The maximum absolute atomic E-state index is 12.7. The van der Waals surface area contributed by atoms with Gasteiger partial charge in [0.25, 0.3) is 0 Å². The number of halogens is 2. The zero-order chi connectivity index (χ0) is 12.3. The first-order valence-electron chi connectivity index (χ1n) is 3.90. The van der Waals surface area contributed by atoms with Crippen LogP contribution in [0.4, 0.5) is 8.78 Å². The highest BCUT2D eigenvalue weighted by atomic mass is 31.2. The second kappa shape index (κ2) is 4.83. The average Bonchev–Trinajstić information content (AvgIpc) is 2.01. The maximum Gasteiger partial charge on any atom is 0.394 e. The van der Waals surface area contributed by atoms with E-state index in [0.717, 1.165) is 0 Å². The van der Waals surface area contributed by atoms with Gasteiger partial charge in [-0.25, -0.2) is 4.79 Å². The monoisotopic (exact) mass is 244 g/mol. The highest BCUT2D eigenvalue weighted by Gasteiger charge is 2.49. The molecule has 0 amide bonds. The molecule has 0 aromatic rings. The van der Waals surface area contributed by atoms with Gasteiger partial charge in [-0.05, 0) is 6.92 Å². The molecular formula is C7H11F2O5P. The van der Waals surface area contributed by atoms with Crippen LogP contribution in [0.2, 0.25) is 0 Å². The second-order valence-electron chi connectivity index (χ2n) is 2.71. The van der Waals surface area contributed by atoms with Crippen molar-refractivity contribution in [2.45, 2.75) is 19.0 Å². The van der Waals surface area contributed by atoms with Crippen molar-refractivity contribution < 1.29 is 32.7 Å². The summed E-state index contributed by atoms with van der Waals surface area (Å²) in [6, 6.07) is 0. The summed E-state index contributed by atoms with van der Waals surface area (Å²) in [5.74, 6) is -1.09. The van der Waals surface area contributed by atoms with E-state index in [1.807, 2.05) is 0 Å². The van der Waals surface area contributed by atoms with Gasteiger partial charge in [0.2, 0.25) is 0 Å². The lowest BCUT2D eigenvalue weighted by Gasteiger charge is -2.17. The lowest BCUT2D eigenvalue weighted by molar-refractivity contribution is -0.139. The molecule has 0 saturated carbocycles. The van der Waals surface area contributed by atoms with Gasteiger partial charge in [0.05, 0.1) is 13.0 Å². The summed E-state index contributed by atoms with van der Waals surface area (Å²) in [7, 11) is -5.58. The fourth-order valence-corrected chi connectivity index (χ4v) is 1.06. The first kappa shape index (κ1) is 14.2. The number of esters is 1. The summed E-state index contributed by atoms with van der Waals surface area (Å²) in [4.78, 5) is 27.4. The Morgan fingerprint density at radius 2 is 2.00 bits per heavy atom. The summed E-state index contributed by atoms with van der Waals surface area (Å²) in [5.41, 5.74) is -4.97. The van der Waals surface area contributed by atoms with Crippen LogP contribution in [0.5, 0.6) is 0 Å². The molecule has 15 heavy (non-hydrogen) atoms. The van der Waals surface area contributed by atoms with Crippen molar-refractivity contribution >= 4 is 13.6 Å². The number of hydrogen-bond donors (Lipinski definition) is 2. The van der Waals surface area contributed by atoms with E-state index in [-0.39, 0.29) is 6.61 Å². The van der Waals surface area contributed by atoms with Gasteiger partial charge in [-0.3, -0.25) is 4.57 Å². The molecule has 8 heteroatoms. The second-order valence-corrected chi connectivity index (χ2v) is 4.45. The molecule has 5 nitrogen and oxygen atoms in total. The SMILES string of the molecule is C=C(CC(F)(F)P(=O)(O)O)C(=O)OCC. The van der Waals surface area contributed by atoms with E-state index in [1.54, 1.807) is 0 Å². The summed E-state index contributed by atoms with van der Waals surface area (Å²) >= 11 is 0. The van der Waals surface area contributed by atoms with Crippen LogP contribution in [0.1, 0.15) is 13.3 Å². The average molecular weight is 244 g/mol. The minimum absolute atomic E-state index is 0.0284. The maximum atomic E-state index is 12.7. The van der Waals surface area contributed by atoms with Crippen molar-refractivity contribution in [3.8, 4) is 0 Å². The molecule has 0 bridgehead atoms. The number of alkyl halides is 2. The molecule has 88 valence electrons. The van der Waals surface area contributed by atoms with E-state index in [1.165, 1.54) is 6.92 Å². The van der Waals surface area contributed by atoms with Crippen molar-refractivity contribution in [2.75, 3.05) is 6.61 Å². The van der Waals surface area contributed by atoms with Crippen LogP contribution in [-0.2, 0) is 14.1 Å². The van der Waals surface area contributed by atoms with Gasteiger partial charge >= 0.3 is 19.2 Å². The Morgan fingerprint density at radius 3 is 2.33 bits per heavy atom. The quantitative estimate of drug-likeness (QED) is 0.432. The van der Waals surface area contributed by atoms with Crippen molar-refractivity contribution in [1.29, 1.82) is 0 Å². The topological polar surface area (TPSA) is 83.8 Å². The largest absolute Gasteiger partial charge is 0.463 e. The van der Waals surface area contributed by atoms with E-state index in [4.69, 9.17) is 9.79 Å². The molecule has 0 aromatic carbocycles. The first-order valence-corrected chi connectivity index (χ1v) is 5.51. The molecule has 0 rings (SSSR count). The van der Waals surface area contributed by atoms with Gasteiger partial charge in [-0.2, -0.15) is 8.78 Å². The van der Waals surface area contributed by atoms with Crippen LogP contribution < -0.4 is 0 Å². The molecule has 2 N–H and O–H groups in total.